The van der Waals surface area contributed by atoms with E-state index in [2.05, 4.69) is 4.90 Å². The van der Waals surface area contributed by atoms with E-state index in [-0.39, 0.29) is 6.10 Å². The van der Waals surface area contributed by atoms with Crippen LogP contribution >= 0.6 is 0 Å². The summed E-state index contributed by atoms with van der Waals surface area (Å²) in [6.45, 7) is 9.32. The molecule has 0 aromatic heterocycles. The first-order valence-electron chi connectivity index (χ1n) is 5.28. The summed E-state index contributed by atoms with van der Waals surface area (Å²) < 4.78 is 16.6. The maximum atomic E-state index is 5.75. The van der Waals surface area contributed by atoms with Crippen LogP contribution in [0.25, 0.3) is 0 Å². The monoisotopic (exact) mass is 201 g/mol. The standard InChI is InChI=1S/C10H19NO3/c1-10(2)13-8-9(14-10)7-11-3-5-12-6-4-11/h9H,3-8H2,1-2H3. The van der Waals surface area contributed by atoms with Crippen molar-refractivity contribution in [2.45, 2.75) is 25.7 Å². The van der Waals surface area contributed by atoms with Crippen LogP contribution in [-0.4, -0.2) is 56.2 Å². The van der Waals surface area contributed by atoms with Crippen LogP contribution in [0.1, 0.15) is 13.8 Å². The van der Waals surface area contributed by atoms with Crippen molar-refractivity contribution in [2.24, 2.45) is 0 Å². The Labute approximate surface area is 85.1 Å². The number of nitrogens with zero attached hydrogens (tertiary/aromatic N) is 1. The normalized spacial score (nSPS) is 33.4. The predicted molar refractivity (Wildman–Crippen MR) is 52.2 cm³/mol. The highest BCUT2D eigenvalue weighted by Crippen LogP contribution is 2.22. The van der Waals surface area contributed by atoms with Gasteiger partial charge in [0.1, 0.15) is 0 Å². The lowest BCUT2D eigenvalue weighted by molar-refractivity contribution is -0.141. The zero-order valence-electron chi connectivity index (χ0n) is 8.99. The zero-order chi connectivity index (χ0) is 10.0. The Hall–Kier alpha value is -0.160. The van der Waals surface area contributed by atoms with Crippen LogP contribution in [-0.2, 0) is 14.2 Å². The Balaban J connectivity index is 1.75. The maximum absolute atomic E-state index is 5.75. The molecule has 14 heavy (non-hydrogen) atoms. The first-order valence-corrected chi connectivity index (χ1v) is 5.28. The Kier molecular flexibility index (Phi) is 3.07. The van der Waals surface area contributed by atoms with E-state index in [0.717, 1.165) is 32.8 Å². The van der Waals surface area contributed by atoms with Crippen molar-refractivity contribution in [3.05, 3.63) is 0 Å². The van der Waals surface area contributed by atoms with E-state index in [1.54, 1.807) is 0 Å². The van der Waals surface area contributed by atoms with Crippen molar-refractivity contribution in [3.63, 3.8) is 0 Å². The van der Waals surface area contributed by atoms with Crippen LogP contribution in [0.15, 0.2) is 0 Å². The van der Waals surface area contributed by atoms with E-state index in [0.29, 0.717) is 6.61 Å². The molecule has 1 atom stereocenters. The van der Waals surface area contributed by atoms with Gasteiger partial charge >= 0.3 is 0 Å². The minimum absolute atomic E-state index is 0.225. The van der Waals surface area contributed by atoms with Gasteiger partial charge in [-0.25, -0.2) is 0 Å². The van der Waals surface area contributed by atoms with E-state index in [1.165, 1.54) is 0 Å². The molecule has 1 unspecified atom stereocenters. The molecule has 4 heteroatoms. The van der Waals surface area contributed by atoms with Gasteiger partial charge in [0.25, 0.3) is 0 Å². The molecule has 4 nitrogen and oxygen atoms in total. The van der Waals surface area contributed by atoms with Crippen molar-refractivity contribution in [1.29, 1.82) is 0 Å². The molecule has 0 bridgehead atoms. The van der Waals surface area contributed by atoms with Gasteiger partial charge in [-0.15, -0.1) is 0 Å². The Bertz CT molecular complexity index is 190. The third kappa shape index (κ3) is 2.67. The van der Waals surface area contributed by atoms with E-state index in [1.807, 2.05) is 13.8 Å². The Morgan fingerprint density at radius 3 is 2.57 bits per heavy atom. The van der Waals surface area contributed by atoms with Crippen LogP contribution < -0.4 is 0 Å². The van der Waals surface area contributed by atoms with E-state index in [4.69, 9.17) is 14.2 Å². The number of hydrogen-bond acceptors (Lipinski definition) is 4. The second-order valence-corrected chi connectivity index (χ2v) is 4.36. The second kappa shape index (κ2) is 4.14. The largest absolute Gasteiger partial charge is 0.379 e. The van der Waals surface area contributed by atoms with E-state index < -0.39 is 5.79 Å². The molecule has 0 radical (unpaired) electrons. The fourth-order valence-electron chi connectivity index (χ4n) is 1.92. The van der Waals surface area contributed by atoms with Crippen molar-refractivity contribution in [2.75, 3.05) is 39.5 Å². The van der Waals surface area contributed by atoms with Gasteiger partial charge in [-0.2, -0.15) is 0 Å². The number of hydrogen-bond donors (Lipinski definition) is 0. The third-order valence-electron chi connectivity index (χ3n) is 2.63. The quantitative estimate of drug-likeness (QED) is 0.650. The molecule has 2 aliphatic heterocycles. The van der Waals surface area contributed by atoms with E-state index in [9.17, 15) is 0 Å². The van der Waals surface area contributed by atoms with Gasteiger partial charge in [0.2, 0.25) is 0 Å². The molecule has 2 fully saturated rings. The van der Waals surface area contributed by atoms with Gasteiger partial charge < -0.3 is 14.2 Å². The Morgan fingerprint density at radius 1 is 1.29 bits per heavy atom. The smallest absolute Gasteiger partial charge is 0.163 e. The van der Waals surface area contributed by atoms with Crippen LogP contribution in [0.5, 0.6) is 0 Å². The Morgan fingerprint density at radius 2 is 2.00 bits per heavy atom. The molecule has 0 amide bonds. The van der Waals surface area contributed by atoms with Gasteiger partial charge in [-0.3, -0.25) is 4.90 Å². The molecule has 0 aromatic carbocycles. The molecule has 2 heterocycles. The van der Waals surface area contributed by atoms with Gasteiger partial charge in [0, 0.05) is 19.6 Å². The number of rotatable bonds is 2. The van der Waals surface area contributed by atoms with Crippen LogP contribution in [0.4, 0.5) is 0 Å². The van der Waals surface area contributed by atoms with Crippen LogP contribution in [0.2, 0.25) is 0 Å². The van der Waals surface area contributed by atoms with Crippen LogP contribution in [0, 0.1) is 0 Å². The molecule has 0 aromatic rings. The molecule has 0 saturated carbocycles. The summed E-state index contributed by atoms with van der Waals surface area (Å²) in [7, 11) is 0. The molecule has 0 aliphatic carbocycles. The second-order valence-electron chi connectivity index (χ2n) is 4.36. The summed E-state index contributed by atoms with van der Waals surface area (Å²) in [6, 6.07) is 0. The fraction of sp³-hybridized carbons (Fsp3) is 1.00. The van der Waals surface area contributed by atoms with Gasteiger partial charge in [0.05, 0.1) is 25.9 Å². The molecular weight excluding hydrogens is 182 g/mol. The number of ether oxygens (including phenoxy) is 3. The van der Waals surface area contributed by atoms with Gasteiger partial charge in [-0.05, 0) is 13.8 Å². The average Bonchev–Trinajstić information content (AvgIpc) is 2.47. The van der Waals surface area contributed by atoms with Gasteiger partial charge in [0.15, 0.2) is 5.79 Å². The maximum Gasteiger partial charge on any atom is 0.163 e. The first kappa shape index (κ1) is 10.4. The molecule has 2 rings (SSSR count). The predicted octanol–water partition coefficient (Wildman–Crippen LogP) is 0.470. The molecule has 0 spiro atoms. The summed E-state index contributed by atoms with van der Waals surface area (Å²) >= 11 is 0. The van der Waals surface area contributed by atoms with Gasteiger partial charge in [-0.1, -0.05) is 0 Å². The van der Waals surface area contributed by atoms with E-state index >= 15 is 0 Å². The minimum atomic E-state index is -0.392. The van der Waals surface area contributed by atoms with Crippen molar-refractivity contribution in [3.8, 4) is 0 Å². The summed E-state index contributed by atoms with van der Waals surface area (Å²) in [5.74, 6) is -0.392. The summed E-state index contributed by atoms with van der Waals surface area (Å²) in [5, 5.41) is 0. The molecule has 2 aliphatic rings. The fourth-order valence-corrected chi connectivity index (χ4v) is 1.92. The molecule has 2 saturated heterocycles. The topological polar surface area (TPSA) is 30.9 Å². The number of morpholine rings is 1. The summed E-state index contributed by atoms with van der Waals surface area (Å²) in [4.78, 5) is 2.37. The molecule has 0 N–H and O–H groups in total. The first-order chi connectivity index (χ1) is 6.66. The SMILES string of the molecule is CC1(C)OCC(CN2CCOCC2)O1. The van der Waals surface area contributed by atoms with Crippen molar-refractivity contribution in [1.82, 2.24) is 4.90 Å². The zero-order valence-corrected chi connectivity index (χ0v) is 8.99. The van der Waals surface area contributed by atoms with Crippen LogP contribution in [0.3, 0.4) is 0 Å². The lowest BCUT2D eigenvalue weighted by Crippen LogP contribution is -2.41. The van der Waals surface area contributed by atoms with Crippen molar-refractivity contribution >= 4 is 0 Å². The summed E-state index contributed by atoms with van der Waals surface area (Å²) in [5.41, 5.74) is 0. The molecule has 82 valence electrons. The van der Waals surface area contributed by atoms with Crippen molar-refractivity contribution < 1.29 is 14.2 Å². The highest BCUT2D eigenvalue weighted by atomic mass is 16.7. The highest BCUT2D eigenvalue weighted by molar-refractivity contribution is 4.75. The summed E-state index contributed by atoms with van der Waals surface area (Å²) in [6.07, 6.45) is 0.225. The highest BCUT2D eigenvalue weighted by Gasteiger charge is 2.33. The molecular formula is C10H19NO3. The third-order valence-corrected chi connectivity index (χ3v) is 2.63. The average molecular weight is 201 g/mol. The lowest BCUT2D eigenvalue weighted by atomic mass is 10.3. The lowest BCUT2D eigenvalue weighted by Gasteiger charge is -2.28. The minimum Gasteiger partial charge on any atom is -0.379 e.